The van der Waals surface area contributed by atoms with Crippen LogP contribution in [0.5, 0.6) is 5.75 Å². The van der Waals surface area contributed by atoms with Crippen molar-refractivity contribution in [1.82, 2.24) is 0 Å². The Bertz CT molecular complexity index is 1210. The number of hydrogen-bond acceptors (Lipinski definition) is 6. The van der Waals surface area contributed by atoms with Gasteiger partial charge in [-0.1, -0.05) is 32.9 Å². The van der Waals surface area contributed by atoms with Gasteiger partial charge in [0.1, 0.15) is 5.75 Å². The molecule has 0 aliphatic carbocycles. The first-order valence-electron chi connectivity index (χ1n) is 12.1. The van der Waals surface area contributed by atoms with Gasteiger partial charge in [0.15, 0.2) is 0 Å². The van der Waals surface area contributed by atoms with Crippen molar-refractivity contribution in [2.75, 3.05) is 44.0 Å². The van der Waals surface area contributed by atoms with E-state index in [9.17, 15) is 12.6 Å². The third kappa shape index (κ3) is 6.77. The van der Waals surface area contributed by atoms with Crippen molar-refractivity contribution in [1.29, 1.82) is 0 Å². The standard InChI is InChI=1S/C26H38N2O5S2/c1-6-21-7-9-23(10-8-21)28(18-20(2)3)35(30,31)24-11-12-25(26(17-24)34(5,29)27-4)33-19-22-13-15-32-16-14-22/h7-12,17,20,22H,6,13-16,18-19H2,1-5H3. The number of ether oxygens (including phenoxy) is 2. The summed E-state index contributed by atoms with van der Waals surface area (Å²) >= 11 is 0. The molecule has 0 aromatic heterocycles. The van der Waals surface area contributed by atoms with Crippen molar-refractivity contribution >= 4 is 25.4 Å². The number of rotatable bonds is 10. The second kappa shape index (κ2) is 11.8. The van der Waals surface area contributed by atoms with Gasteiger partial charge in [-0.25, -0.2) is 17.0 Å². The van der Waals surface area contributed by atoms with Gasteiger partial charge in [-0.05, 0) is 67.0 Å². The molecule has 1 fully saturated rings. The molecule has 0 N–H and O–H groups in total. The molecule has 1 aliphatic rings. The lowest BCUT2D eigenvalue weighted by molar-refractivity contribution is 0.0493. The van der Waals surface area contributed by atoms with Crippen LogP contribution < -0.4 is 9.04 Å². The Morgan fingerprint density at radius 3 is 2.31 bits per heavy atom. The third-order valence-corrected chi connectivity index (χ3v) is 9.86. The largest absolute Gasteiger partial charge is 0.492 e. The monoisotopic (exact) mass is 522 g/mol. The fraction of sp³-hybridized carbons (Fsp3) is 0.538. The summed E-state index contributed by atoms with van der Waals surface area (Å²) in [7, 11) is -5.28. The zero-order valence-corrected chi connectivity index (χ0v) is 23.0. The van der Waals surface area contributed by atoms with Crippen molar-refractivity contribution in [3.05, 3.63) is 48.0 Å². The van der Waals surface area contributed by atoms with Crippen LogP contribution in [0.15, 0.2) is 56.6 Å². The summed E-state index contributed by atoms with van der Waals surface area (Å²) in [5.74, 6) is 0.869. The summed E-state index contributed by atoms with van der Waals surface area (Å²) in [6, 6.07) is 12.2. The number of hydrogen-bond donors (Lipinski definition) is 0. The van der Waals surface area contributed by atoms with E-state index < -0.39 is 19.8 Å². The molecule has 1 heterocycles. The van der Waals surface area contributed by atoms with Crippen LogP contribution in [0.25, 0.3) is 0 Å². The number of anilines is 1. The van der Waals surface area contributed by atoms with Gasteiger partial charge >= 0.3 is 0 Å². The van der Waals surface area contributed by atoms with Crippen LogP contribution in [0, 0.1) is 11.8 Å². The van der Waals surface area contributed by atoms with Gasteiger partial charge in [-0.2, -0.15) is 0 Å². The number of benzene rings is 2. The molecule has 0 saturated carbocycles. The SMILES string of the molecule is CCc1ccc(N(CC(C)C)S(=O)(=O)c2ccc(OCC3CCOCC3)c(S(C)(=O)=NC)c2)cc1. The molecule has 0 bridgehead atoms. The molecule has 7 nitrogen and oxygen atoms in total. The van der Waals surface area contributed by atoms with Crippen molar-refractivity contribution < 1.29 is 22.1 Å². The highest BCUT2D eigenvalue weighted by atomic mass is 32.2. The number of sulfonamides is 1. The molecule has 2 aromatic rings. The summed E-state index contributed by atoms with van der Waals surface area (Å²) < 4.78 is 58.0. The van der Waals surface area contributed by atoms with E-state index in [0.717, 1.165) is 24.8 Å². The molecule has 0 spiro atoms. The van der Waals surface area contributed by atoms with Crippen LogP contribution >= 0.6 is 0 Å². The van der Waals surface area contributed by atoms with E-state index in [4.69, 9.17) is 9.47 Å². The van der Waals surface area contributed by atoms with Crippen LogP contribution in [0.2, 0.25) is 0 Å². The van der Waals surface area contributed by atoms with E-state index in [1.165, 1.54) is 29.7 Å². The van der Waals surface area contributed by atoms with E-state index in [0.29, 0.717) is 48.6 Å². The van der Waals surface area contributed by atoms with Crippen molar-refractivity contribution in [3.63, 3.8) is 0 Å². The lowest BCUT2D eigenvalue weighted by Gasteiger charge is -2.27. The van der Waals surface area contributed by atoms with E-state index in [1.54, 1.807) is 6.07 Å². The maximum absolute atomic E-state index is 13.9. The molecular formula is C26H38N2O5S2. The van der Waals surface area contributed by atoms with Crippen molar-refractivity contribution in [2.24, 2.45) is 16.2 Å². The predicted molar refractivity (Wildman–Crippen MR) is 141 cm³/mol. The highest BCUT2D eigenvalue weighted by Gasteiger charge is 2.28. The molecule has 3 rings (SSSR count). The smallest absolute Gasteiger partial charge is 0.264 e. The quantitative estimate of drug-likeness (QED) is 0.439. The van der Waals surface area contributed by atoms with E-state index in [2.05, 4.69) is 11.3 Å². The molecule has 2 aromatic carbocycles. The van der Waals surface area contributed by atoms with Gasteiger partial charge in [0, 0.05) is 33.1 Å². The first-order chi connectivity index (χ1) is 16.6. The zero-order valence-electron chi connectivity index (χ0n) is 21.4. The third-order valence-electron chi connectivity index (χ3n) is 6.24. The lowest BCUT2D eigenvalue weighted by Crippen LogP contribution is -2.34. The summed E-state index contributed by atoms with van der Waals surface area (Å²) in [5, 5.41) is 0. The minimum Gasteiger partial charge on any atom is -0.492 e. The van der Waals surface area contributed by atoms with Crippen molar-refractivity contribution in [3.8, 4) is 5.75 Å². The molecule has 194 valence electrons. The Kier molecular flexibility index (Phi) is 9.23. The minimum absolute atomic E-state index is 0.0735. The maximum atomic E-state index is 13.9. The van der Waals surface area contributed by atoms with Gasteiger partial charge in [0.25, 0.3) is 10.0 Å². The van der Waals surface area contributed by atoms with E-state index in [-0.39, 0.29) is 10.8 Å². The molecule has 0 amide bonds. The molecule has 0 radical (unpaired) electrons. The Morgan fingerprint density at radius 2 is 1.74 bits per heavy atom. The van der Waals surface area contributed by atoms with Crippen LogP contribution in [-0.2, 0) is 30.9 Å². The maximum Gasteiger partial charge on any atom is 0.264 e. The molecule has 1 atom stereocenters. The zero-order chi connectivity index (χ0) is 25.6. The first-order valence-corrected chi connectivity index (χ1v) is 15.5. The van der Waals surface area contributed by atoms with Gasteiger partial charge in [-0.3, -0.25) is 4.31 Å². The number of nitrogens with zero attached hydrogens (tertiary/aromatic N) is 2. The normalized spacial score (nSPS) is 16.6. The van der Waals surface area contributed by atoms with Gasteiger partial charge < -0.3 is 9.47 Å². The summed E-state index contributed by atoms with van der Waals surface area (Å²) in [6.07, 6.45) is 4.20. The second-order valence-electron chi connectivity index (χ2n) is 9.41. The minimum atomic E-state index is -3.92. The Hall–Kier alpha value is -2.10. The van der Waals surface area contributed by atoms with Gasteiger partial charge in [0.2, 0.25) is 0 Å². The lowest BCUT2D eigenvalue weighted by atomic mass is 10.0. The average Bonchev–Trinajstić information content (AvgIpc) is 2.86. The van der Waals surface area contributed by atoms with Crippen LogP contribution in [0.4, 0.5) is 5.69 Å². The molecule has 1 unspecified atom stereocenters. The van der Waals surface area contributed by atoms with Crippen LogP contribution in [0.3, 0.4) is 0 Å². The van der Waals surface area contributed by atoms with Crippen LogP contribution in [0.1, 0.15) is 39.2 Å². The van der Waals surface area contributed by atoms with E-state index in [1.807, 2.05) is 38.1 Å². The summed E-state index contributed by atoms with van der Waals surface area (Å²) in [6.45, 7) is 8.23. The fourth-order valence-electron chi connectivity index (χ4n) is 3.98. The highest BCUT2D eigenvalue weighted by molar-refractivity contribution is 7.93. The highest BCUT2D eigenvalue weighted by Crippen LogP contribution is 2.32. The summed E-state index contributed by atoms with van der Waals surface area (Å²) in [5.41, 5.74) is 1.74. The van der Waals surface area contributed by atoms with E-state index >= 15 is 0 Å². The molecule has 9 heteroatoms. The Morgan fingerprint density at radius 1 is 1.09 bits per heavy atom. The Balaban J connectivity index is 2.01. The Labute approximate surface area is 211 Å². The van der Waals surface area contributed by atoms with Gasteiger partial charge in [-0.15, -0.1) is 0 Å². The first kappa shape index (κ1) is 27.5. The van der Waals surface area contributed by atoms with Crippen molar-refractivity contribution in [2.45, 2.75) is 49.8 Å². The molecule has 1 saturated heterocycles. The topological polar surface area (TPSA) is 85.3 Å². The van der Waals surface area contributed by atoms with Crippen LogP contribution in [-0.4, -0.2) is 52.3 Å². The number of aryl methyl sites for hydroxylation is 1. The average molecular weight is 523 g/mol. The molecule has 1 aliphatic heterocycles. The summed E-state index contributed by atoms with van der Waals surface area (Å²) in [4.78, 5) is 0.378. The fourth-order valence-corrected chi connectivity index (χ4v) is 6.75. The van der Waals surface area contributed by atoms with Gasteiger partial charge in [0.05, 0.1) is 31.8 Å². The molecule has 35 heavy (non-hydrogen) atoms. The second-order valence-corrected chi connectivity index (χ2v) is 13.7. The predicted octanol–water partition coefficient (Wildman–Crippen LogP) is 4.99. The molecular weight excluding hydrogens is 484 g/mol.